The number of nitrogens with one attached hydrogen (secondary N) is 3. The number of carbonyl (C=O) groups is 2. The van der Waals surface area contributed by atoms with Gasteiger partial charge in [0.25, 0.3) is 5.69 Å². The van der Waals surface area contributed by atoms with Crippen molar-refractivity contribution >= 4 is 39.8 Å². The van der Waals surface area contributed by atoms with E-state index in [0.29, 0.717) is 15.8 Å². The fraction of sp³-hybridized carbons (Fsp3) is 0.238. The van der Waals surface area contributed by atoms with E-state index in [0.717, 1.165) is 11.3 Å². The van der Waals surface area contributed by atoms with Crippen molar-refractivity contribution < 1.29 is 19.2 Å². The van der Waals surface area contributed by atoms with Crippen LogP contribution in [0.15, 0.2) is 48.5 Å². The van der Waals surface area contributed by atoms with Crippen molar-refractivity contribution in [1.82, 2.24) is 15.5 Å². The summed E-state index contributed by atoms with van der Waals surface area (Å²) >= 11 is 1.20. The fourth-order valence-electron chi connectivity index (χ4n) is 2.82. The number of rotatable bonds is 8. The summed E-state index contributed by atoms with van der Waals surface area (Å²) in [5, 5.41) is 27.6. The highest BCUT2D eigenvalue weighted by Crippen LogP contribution is 2.28. The van der Waals surface area contributed by atoms with Crippen LogP contribution < -0.4 is 20.7 Å². The molecule has 0 aliphatic carbocycles. The van der Waals surface area contributed by atoms with Gasteiger partial charge in [0, 0.05) is 23.4 Å². The molecule has 0 aliphatic rings. The van der Waals surface area contributed by atoms with Gasteiger partial charge in [-0.2, -0.15) is 0 Å². The molecule has 1 aromatic heterocycles. The molecule has 3 amide bonds. The molecule has 3 aromatic rings. The first kappa shape index (κ1) is 23.6. The van der Waals surface area contributed by atoms with Crippen LogP contribution in [0, 0.1) is 16.0 Å². The first-order valence-electron chi connectivity index (χ1n) is 9.87. The highest BCUT2D eigenvalue weighted by Gasteiger charge is 2.25. The number of amides is 3. The predicted molar refractivity (Wildman–Crippen MR) is 124 cm³/mol. The lowest BCUT2D eigenvalue weighted by atomic mass is 10.0. The van der Waals surface area contributed by atoms with Gasteiger partial charge < -0.3 is 15.4 Å². The molecule has 1 unspecified atom stereocenters. The van der Waals surface area contributed by atoms with Crippen LogP contribution >= 0.6 is 11.3 Å². The molecular weight excluding hydrogens is 448 g/mol. The predicted octanol–water partition coefficient (Wildman–Crippen LogP) is 3.91. The van der Waals surface area contributed by atoms with Crippen molar-refractivity contribution in [3.63, 3.8) is 0 Å². The molecule has 0 radical (unpaired) electrons. The lowest BCUT2D eigenvalue weighted by molar-refractivity contribution is -0.384. The summed E-state index contributed by atoms with van der Waals surface area (Å²) in [5.74, 6) is 0.0533. The summed E-state index contributed by atoms with van der Waals surface area (Å²) in [5.41, 5.74) is 1.09. The maximum absolute atomic E-state index is 12.8. The maximum Gasteiger partial charge on any atom is 0.319 e. The number of urea groups is 1. The highest BCUT2D eigenvalue weighted by atomic mass is 32.1. The molecule has 0 fully saturated rings. The number of aromatic nitrogens is 2. The van der Waals surface area contributed by atoms with Crippen LogP contribution in [0.3, 0.4) is 0 Å². The number of nitro groups is 1. The van der Waals surface area contributed by atoms with E-state index in [4.69, 9.17) is 4.74 Å². The third-order valence-corrected chi connectivity index (χ3v) is 5.45. The van der Waals surface area contributed by atoms with Gasteiger partial charge in [0.1, 0.15) is 16.8 Å². The maximum atomic E-state index is 12.8. The van der Waals surface area contributed by atoms with Gasteiger partial charge in [0.15, 0.2) is 0 Å². The lowest BCUT2D eigenvalue weighted by Crippen LogP contribution is -2.48. The molecule has 3 rings (SSSR count). The van der Waals surface area contributed by atoms with Crippen LogP contribution in [0.5, 0.6) is 5.75 Å². The van der Waals surface area contributed by atoms with Crippen LogP contribution in [-0.4, -0.2) is 40.2 Å². The molecular formula is C21H22N6O5S. The van der Waals surface area contributed by atoms with Crippen molar-refractivity contribution in [2.75, 3.05) is 17.7 Å². The molecule has 33 heavy (non-hydrogen) atoms. The normalized spacial score (nSPS) is 11.5. The largest absolute Gasteiger partial charge is 0.497 e. The Morgan fingerprint density at radius 2 is 1.70 bits per heavy atom. The Hall–Kier alpha value is -4.06. The topological polar surface area (TPSA) is 148 Å². The second kappa shape index (κ2) is 10.5. The SMILES string of the molecule is COc1ccc(-c2nnc(NC(=O)C(NC(=O)Nc3ccc([N+](=O)[O-])cc3)C(C)C)s2)cc1. The highest BCUT2D eigenvalue weighted by molar-refractivity contribution is 7.18. The smallest absolute Gasteiger partial charge is 0.319 e. The van der Waals surface area contributed by atoms with Crippen molar-refractivity contribution in [2.24, 2.45) is 5.92 Å². The third-order valence-electron chi connectivity index (χ3n) is 4.56. The Morgan fingerprint density at radius 1 is 1.03 bits per heavy atom. The van der Waals surface area contributed by atoms with Crippen molar-refractivity contribution in [3.05, 3.63) is 58.6 Å². The molecule has 0 aliphatic heterocycles. The molecule has 1 heterocycles. The van der Waals surface area contributed by atoms with E-state index in [-0.39, 0.29) is 11.6 Å². The number of carbonyl (C=O) groups excluding carboxylic acids is 2. The van der Waals surface area contributed by atoms with Crippen LogP contribution in [0.25, 0.3) is 10.6 Å². The van der Waals surface area contributed by atoms with Crippen molar-refractivity contribution in [1.29, 1.82) is 0 Å². The monoisotopic (exact) mass is 470 g/mol. The van der Waals surface area contributed by atoms with E-state index in [1.54, 1.807) is 33.1 Å². The van der Waals surface area contributed by atoms with E-state index >= 15 is 0 Å². The van der Waals surface area contributed by atoms with E-state index in [2.05, 4.69) is 26.1 Å². The summed E-state index contributed by atoms with van der Waals surface area (Å²) in [6.45, 7) is 3.58. The van der Waals surface area contributed by atoms with Gasteiger partial charge >= 0.3 is 6.03 Å². The van der Waals surface area contributed by atoms with Crippen molar-refractivity contribution in [3.8, 4) is 16.3 Å². The lowest BCUT2D eigenvalue weighted by Gasteiger charge is -2.21. The Morgan fingerprint density at radius 3 is 2.27 bits per heavy atom. The fourth-order valence-corrected chi connectivity index (χ4v) is 3.57. The Balaban J connectivity index is 1.62. The number of hydrogen-bond donors (Lipinski definition) is 3. The van der Waals surface area contributed by atoms with Gasteiger partial charge in [-0.3, -0.25) is 20.2 Å². The molecule has 11 nitrogen and oxygen atoms in total. The first-order valence-corrected chi connectivity index (χ1v) is 10.7. The van der Waals surface area contributed by atoms with Gasteiger partial charge in [-0.25, -0.2) is 4.79 Å². The number of nitro benzene ring substituents is 1. The van der Waals surface area contributed by atoms with Crippen molar-refractivity contribution in [2.45, 2.75) is 19.9 Å². The van der Waals surface area contributed by atoms with Crippen LogP contribution in [0.4, 0.5) is 21.3 Å². The van der Waals surface area contributed by atoms with Gasteiger partial charge in [-0.05, 0) is 42.3 Å². The number of benzene rings is 2. The minimum absolute atomic E-state index is 0.0912. The number of methoxy groups -OCH3 is 1. The van der Waals surface area contributed by atoms with Crippen LogP contribution in [0.1, 0.15) is 13.8 Å². The van der Waals surface area contributed by atoms with Gasteiger partial charge in [-0.1, -0.05) is 25.2 Å². The number of anilines is 2. The Labute approximate surface area is 193 Å². The van der Waals surface area contributed by atoms with Crippen LogP contribution in [0.2, 0.25) is 0 Å². The molecule has 1 atom stereocenters. The van der Waals surface area contributed by atoms with E-state index in [1.165, 1.54) is 35.6 Å². The molecule has 0 saturated heterocycles. The quantitative estimate of drug-likeness (QED) is 0.334. The number of ether oxygens (including phenoxy) is 1. The summed E-state index contributed by atoms with van der Waals surface area (Å²) in [6, 6.07) is 11.2. The second-order valence-electron chi connectivity index (χ2n) is 7.25. The minimum Gasteiger partial charge on any atom is -0.497 e. The molecule has 0 bridgehead atoms. The number of non-ortho nitro benzene ring substituents is 1. The molecule has 2 aromatic carbocycles. The summed E-state index contributed by atoms with van der Waals surface area (Å²) in [7, 11) is 1.58. The standard InChI is InChI=1S/C21H22N6O5S/c1-12(2)17(23-20(29)22-14-6-8-15(9-7-14)27(30)31)18(28)24-21-26-25-19(33-21)13-4-10-16(32-3)11-5-13/h4-12,17H,1-3H3,(H2,22,23,29)(H,24,26,28). The zero-order chi connectivity index (χ0) is 24.0. The Kier molecular flexibility index (Phi) is 7.51. The average molecular weight is 471 g/mol. The van der Waals surface area contributed by atoms with Crippen LogP contribution in [-0.2, 0) is 4.79 Å². The number of hydrogen-bond acceptors (Lipinski definition) is 8. The number of nitrogens with zero attached hydrogens (tertiary/aromatic N) is 3. The zero-order valence-corrected chi connectivity index (χ0v) is 18.9. The summed E-state index contributed by atoms with van der Waals surface area (Å²) in [6.07, 6.45) is 0. The average Bonchev–Trinajstić information content (AvgIpc) is 3.26. The van der Waals surface area contributed by atoms with E-state index in [1.807, 2.05) is 12.1 Å². The first-order chi connectivity index (χ1) is 15.8. The minimum atomic E-state index is -0.851. The second-order valence-corrected chi connectivity index (χ2v) is 8.23. The van der Waals surface area contributed by atoms with E-state index < -0.39 is 22.9 Å². The van der Waals surface area contributed by atoms with E-state index in [9.17, 15) is 19.7 Å². The third kappa shape index (κ3) is 6.23. The molecule has 3 N–H and O–H groups in total. The summed E-state index contributed by atoms with van der Waals surface area (Å²) < 4.78 is 5.14. The van der Waals surface area contributed by atoms with Gasteiger partial charge in [0.2, 0.25) is 11.0 Å². The van der Waals surface area contributed by atoms with Gasteiger partial charge in [-0.15, -0.1) is 10.2 Å². The molecule has 172 valence electrons. The molecule has 0 saturated carbocycles. The molecule has 12 heteroatoms. The van der Waals surface area contributed by atoms with Gasteiger partial charge in [0.05, 0.1) is 12.0 Å². The zero-order valence-electron chi connectivity index (χ0n) is 18.1. The molecule has 0 spiro atoms. The Bertz CT molecular complexity index is 1130. The summed E-state index contributed by atoms with van der Waals surface area (Å²) in [4.78, 5) is 35.4.